The molecule has 2 bridgehead atoms. The van der Waals surface area contributed by atoms with E-state index < -0.39 is 0 Å². The van der Waals surface area contributed by atoms with E-state index >= 15 is 0 Å². The molecule has 2 heteroatoms. The Morgan fingerprint density at radius 1 is 1.27 bits per heavy atom. The molecule has 1 fully saturated rings. The van der Waals surface area contributed by atoms with E-state index in [0.717, 1.165) is 30.1 Å². The Labute approximate surface area is 90.4 Å². The third-order valence-corrected chi connectivity index (χ3v) is 3.63. The number of fused-ring (bicyclic) bond motifs is 2. The first-order valence-electron chi connectivity index (χ1n) is 5.75. The Morgan fingerprint density at radius 2 is 2.27 bits per heavy atom. The fourth-order valence-electron chi connectivity index (χ4n) is 2.83. The number of hydrogen-bond donors (Lipinski definition) is 1. The highest BCUT2D eigenvalue weighted by Crippen LogP contribution is 2.43. The van der Waals surface area contributed by atoms with Crippen molar-refractivity contribution in [1.29, 1.82) is 0 Å². The van der Waals surface area contributed by atoms with Crippen molar-refractivity contribution in [1.82, 2.24) is 4.98 Å². The van der Waals surface area contributed by atoms with Crippen LogP contribution in [0.25, 0.3) is 0 Å². The van der Waals surface area contributed by atoms with E-state index in [1.54, 1.807) is 0 Å². The topological polar surface area (TPSA) is 24.9 Å². The molecule has 0 saturated heterocycles. The monoisotopic (exact) mass is 200 g/mol. The van der Waals surface area contributed by atoms with Gasteiger partial charge in [-0.15, -0.1) is 0 Å². The molecule has 3 atom stereocenters. The fourth-order valence-corrected chi connectivity index (χ4v) is 2.83. The SMILES string of the molecule is C1=CC2CC1CC2CNc1ccccn1. The largest absolute Gasteiger partial charge is 0.370 e. The Kier molecular flexibility index (Phi) is 2.20. The van der Waals surface area contributed by atoms with Gasteiger partial charge in [0.05, 0.1) is 0 Å². The van der Waals surface area contributed by atoms with Crippen molar-refractivity contribution in [3.63, 3.8) is 0 Å². The molecule has 3 unspecified atom stereocenters. The Morgan fingerprint density at radius 3 is 2.93 bits per heavy atom. The molecule has 78 valence electrons. The molecule has 0 spiro atoms. The van der Waals surface area contributed by atoms with Gasteiger partial charge in [0, 0.05) is 12.7 Å². The van der Waals surface area contributed by atoms with Crippen LogP contribution in [0.15, 0.2) is 36.5 Å². The number of pyridine rings is 1. The third-order valence-electron chi connectivity index (χ3n) is 3.63. The predicted octanol–water partition coefficient (Wildman–Crippen LogP) is 2.71. The fraction of sp³-hybridized carbons (Fsp3) is 0.462. The maximum atomic E-state index is 4.27. The van der Waals surface area contributed by atoms with Crippen LogP contribution in [-0.4, -0.2) is 11.5 Å². The van der Waals surface area contributed by atoms with Crippen molar-refractivity contribution >= 4 is 5.82 Å². The summed E-state index contributed by atoms with van der Waals surface area (Å²) in [7, 11) is 0. The van der Waals surface area contributed by atoms with Gasteiger partial charge in [0.25, 0.3) is 0 Å². The van der Waals surface area contributed by atoms with Crippen LogP contribution in [0.3, 0.4) is 0 Å². The van der Waals surface area contributed by atoms with Crippen LogP contribution in [0.1, 0.15) is 12.8 Å². The first-order valence-corrected chi connectivity index (χ1v) is 5.75. The highest BCUT2D eigenvalue weighted by Gasteiger charge is 2.35. The zero-order valence-electron chi connectivity index (χ0n) is 8.76. The molecule has 3 rings (SSSR count). The number of aromatic nitrogens is 1. The van der Waals surface area contributed by atoms with Crippen molar-refractivity contribution in [3.8, 4) is 0 Å². The molecule has 2 aliphatic rings. The molecule has 0 radical (unpaired) electrons. The number of nitrogens with zero attached hydrogens (tertiary/aromatic N) is 1. The van der Waals surface area contributed by atoms with Crippen LogP contribution in [-0.2, 0) is 0 Å². The summed E-state index contributed by atoms with van der Waals surface area (Å²) in [6, 6.07) is 6.00. The number of nitrogens with one attached hydrogen (secondary N) is 1. The van der Waals surface area contributed by atoms with Crippen LogP contribution in [0.2, 0.25) is 0 Å². The summed E-state index contributed by atoms with van der Waals surface area (Å²) in [4.78, 5) is 4.27. The van der Waals surface area contributed by atoms with Crippen LogP contribution < -0.4 is 5.32 Å². The zero-order chi connectivity index (χ0) is 10.1. The molecule has 1 aromatic rings. The first-order chi connectivity index (χ1) is 7.42. The summed E-state index contributed by atoms with van der Waals surface area (Å²) < 4.78 is 0. The van der Waals surface area contributed by atoms with Gasteiger partial charge >= 0.3 is 0 Å². The molecule has 1 aromatic heterocycles. The van der Waals surface area contributed by atoms with Gasteiger partial charge in [0.2, 0.25) is 0 Å². The van der Waals surface area contributed by atoms with Gasteiger partial charge in [-0.1, -0.05) is 18.2 Å². The maximum Gasteiger partial charge on any atom is 0.125 e. The van der Waals surface area contributed by atoms with Crippen molar-refractivity contribution in [3.05, 3.63) is 36.5 Å². The Balaban J connectivity index is 1.57. The molecule has 0 aromatic carbocycles. The minimum Gasteiger partial charge on any atom is -0.370 e. The van der Waals surface area contributed by atoms with E-state index in [1.807, 2.05) is 24.4 Å². The zero-order valence-corrected chi connectivity index (χ0v) is 8.76. The van der Waals surface area contributed by atoms with Gasteiger partial charge in [-0.2, -0.15) is 0 Å². The molecule has 1 N–H and O–H groups in total. The van der Waals surface area contributed by atoms with Gasteiger partial charge in [0.1, 0.15) is 5.82 Å². The maximum absolute atomic E-state index is 4.27. The molecule has 2 nitrogen and oxygen atoms in total. The second kappa shape index (κ2) is 3.69. The van der Waals surface area contributed by atoms with Crippen LogP contribution >= 0.6 is 0 Å². The molecule has 0 amide bonds. The van der Waals surface area contributed by atoms with E-state index in [0.29, 0.717) is 0 Å². The van der Waals surface area contributed by atoms with E-state index in [1.165, 1.54) is 12.8 Å². The number of anilines is 1. The molecular formula is C13H16N2. The van der Waals surface area contributed by atoms with Crippen molar-refractivity contribution in [2.75, 3.05) is 11.9 Å². The van der Waals surface area contributed by atoms with Crippen molar-refractivity contribution in [2.24, 2.45) is 17.8 Å². The average Bonchev–Trinajstić information content (AvgIpc) is 2.89. The predicted molar refractivity (Wildman–Crippen MR) is 61.6 cm³/mol. The molecule has 2 aliphatic carbocycles. The lowest BCUT2D eigenvalue weighted by Gasteiger charge is -2.18. The Hall–Kier alpha value is -1.31. The summed E-state index contributed by atoms with van der Waals surface area (Å²) in [5.41, 5.74) is 0. The third kappa shape index (κ3) is 1.76. The summed E-state index contributed by atoms with van der Waals surface area (Å²) >= 11 is 0. The van der Waals surface area contributed by atoms with Gasteiger partial charge in [0.15, 0.2) is 0 Å². The minimum atomic E-state index is 0.821. The quantitative estimate of drug-likeness (QED) is 0.759. The minimum absolute atomic E-state index is 0.821. The van der Waals surface area contributed by atoms with Gasteiger partial charge in [-0.05, 0) is 42.7 Å². The number of rotatable bonds is 3. The highest BCUT2D eigenvalue weighted by molar-refractivity contribution is 5.33. The average molecular weight is 200 g/mol. The molecular weight excluding hydrogens is 184 g/mol. The summed E-state index contributed by atoms with van der Waals surface area (Å²) in [5, 5.41) is 3.43. The first kappa shape index (κ1) is 8.96. The lowest BCUT2D eigenvalue weighted by atomic mass is 9.94. The lowest BCUT2D eigenvalue weighted by molar-refractivity contribution is 0.471. The Bertz CT molecular complexity index is 358. The smallest absolute Gasteiger partial charge is 0.125 e. The van der Waals surface area contributed by atoms with Crippen molar-refractivity contribution in [2.45, 2.75) is 12.8 Å². The molecule has 1 heterocycles. The lowest BCUT2D eigenvalue weighted by Crippen LogP contribution is -2.18. The normalized spacial score (nSPS) is 32.1. The van der Waals surface area contributed by atoms with E-state index in [4.69, 9.17) is 0 Å². The van der Waals surface area contributed by atoms with E-state index in [-0.39, 0.29) is 0 Å². The van der Waals surface area contributed by atoms with E-state index in [2.05, 4.69) is 22.5 Å². The second-order valence-corrected chi connectivity index (χ2v) is 4.64. The summed E-state index contributed by atoms with van der Waals surface area (Å²) in [5.74, 6) is 3.52. The molecule has 1 saturated carbocycles. The van der Waals surface area contributed by atoms with Gasteiger partial charge < -0.3 is 5.32 Å². The molecule has 15 heavy (non-hydrogen) atoms. The van der Waals surface area contributed by atoms with Crippen LogP contribution in [0, 0.1) is 17.8 Å². The summed E-state index contributed by atoms with van der Waals surface area (Å²) in [6.45, 7) is 1.07. The van der Waals surface area contributed by atoms with E-state index in [9.17, 15) is 0 Å². The van der Waals surface area contributed by atoms with Gasteiger partial charge in [-0.25, -0.2) is 4.98 Å². The van der Waals surface area contributed by atoms with Gasteiger partial charge in [-0.3, -0.25) is 0 Å². The van der Waals surface area contributed by atoms with Crippen molar-refractivity contribution < 1.29 is 0 Å². The second-order valence-electron chi connectivity index (χ2n) is 4.64. The summed E-state index contributed by atoms with van der Waals surface area (Å²) in [6.07, 6.45) is 9.37. The highest BCUT2D eigenvalue weighted by atomic mass is 15.0. The number of allylic oxidation sites excluding steroid dienone is 2. The molecule has 0 aliphatic heterocycles. The van der Waals surface area contributed by atoms with Crippen LogP contribution in [0.4, 0.5) is 5.82 Å². The van der Waals surface area contributed by atoms with Crippen LogP contribution in [0.5, 0.6) is 0 Å². The number of hydrogen-bond acceptors (Lipinski definition) is 2. The standard InChI is InChI=1S/C13H16N2/c1-2-6-14-13(3-1)15-9-12-8-10-4-5-11(12)7-10/h1-6,10-12H,7-9H2,(H,14,15).